The van der Waals surface area contributed by atoms with Gasteiger partial charge in [-0.1, -0.05) is 30.3 Å². The molecule has 0 atom stereocenters. The van der Waals surface area contributed by atoms with Crippen molar-refractivity contribution >= 4 is 27.0 Å². The minimum Gasteiger partial charge on any atom is -0.351 e. The van der Waals surface area contributed by atoms with Crippen LogP contribution in [0.1, 0.15) is 12.0 Å². The van der Waals surface area contributed by atoms with Crippen LogP contribution < -0.4 is 5.32 Å². The Labute approximate surface area is 183 Å². The van der Waals surface area contributed by atoms with Crippen molar-refractivity contribution in [3.63, 3.8) is 0 Å². The van der Waals surface area contributed by atoms with Gasteiger partial charge in [0.15, 0.2) is 0 Å². The van der Waals surface area contributed by atoms with Crippen LogP contribution in [0.25, 0.3) is 10.9 Å². The third-order valence-corrected chi connectivity index (χ3v) is 7.66. The lowest BCUT2D eigenvalue weighted by Crippen LogP contribution is -2.43. The molecule has 1 N–H and O–H groups in total. The SMILES string of the molecule is Cn1ccc2cc(S(=O)(=O)N3CCCN(C(=O)NCCc4ccccc4)CC3)ccc21. The lowest BCUT2D eigenvalue weighted by Gasteiger charge is -2.22. The Kier molecular flexibility index (Phi) is 6.29. The first kappa shape index (κ1) is 21.4. The molecular weight excluding hydrogens is 412 g/mol. The summed E-state index contributed by atoms with van der Waals surface area (Å²) in [6.45, 7) is 2.17. The molecule has 1 saturated heterocycles. The number of carbonyl (C=O) groups excluding carboxylic acids is 1. The average Bonchev–Trinajstić information content (AvgIpc) is 2.98. The third-order valence-electron chi connectivity index (χ3n) is 5.77. The van der Waals surface area contributed by atoms with Gasteiger partial charge in [-0.3, -0.25) is 0 Å². The second-order valence-corrected chi connectivity index (χ2v) is 9.80. The number of rotatable bonds is 5. The first-order valence-corrected chi connectivity index (χ1v) is 12.0. The van der Waals surface area contributed by atoms with Crippen LogP contribution in [0.5, 0.6) is 0 Å². The van der Waals surface area contributed by atoms with E-state index in [4.69, 9.17) is 0 Å². The van der Waals surface area contributed by atoms with E-state index in [-0.39, 0.29) is 6.03 Å². The van der Waals surface area contributed by atoms with Gasteiger partial charge in [0.25, 0.3) is 0 Å². The standard InChI is InChI=1S/C23H28N4O3S/c1-25-15-11-20-18-21(8-9-22(20)25)31(29,30)27-14-5-13-26(16-17-27)23(28)24-12-10-19-6-3-2-4-7-19/h2-4,6-9,11,15,18H,5,10,12-14,16-17H2,1H3,(H,24,28). The summed E-state index contributed by atoms with van der Waals surface area (Å²) >= 11 is 0. The van der Waals surface area contributed by atoms with Gasteiger partial charge in [-0.05, 0) is 42.7 Å². The zero-order valence-corrected chi connectivity index (χ0v) is 18.5. The van der Waals surface area contributed by atoms with Crippen LogP contribution in [-0.4, -0.2) is 60.9 Å². The molecule has 1 fully saturated rings. The number of aromatic nitrogens is 1. The number of carbonyl (C=O) groups is 1. The summed E-state index contributed by atoms with van der Waals surface area (Å²) in [5.41, 5.74) is 2.17. The first-order valence-electron chi connectivity index (χ1n) is 10.6. The van der Waals surface area contributed by atoms with Crippen LogP contribution in [-0.2, 0) is 23.5 Å². The zero-order chi connectivity index (χ0) is 21.8. The van der Waals surface area contributed by atoms with Gasteiger partial charge in [-0.15, -0.1) is 0 Å². The highest BCUT2D eigenvalue weighted by Crippen LogP contribution is 2.23. The third kappa shape index (κ3) is 4.75. The minimum atomic E-state index is -3.60. The summed E-state index contributed by atoms with van der Waals surface area (Å²) in [7, 11) is -1.67. The highest BCUT2D eigenvalue weighted by Gasteiger charge is 2.28. The fraction of sp³-hybridized carbons (Fsp3) is 0.348. The smallest absolute Gasteiger partial charge is 0.317 e. The van der Waals surface area contributed by atoms with Gasteiger partial charge in [0.2, 0.25) is 10.0 Å². The number of benzene rings is 2. The molecule has 3 aromatic rings. The molecule has 1 aromatic heterocycles. The largest absolute Gasteiger partial charge is 0.351 e. The van der Waals surface area contributed by atoms with Crippen LogP contribution >= 0.6 is 0 Å². The van der Waals surface area contributed by atoms with Crippen molar-refractivity contribution in [2.75, 3.05) is 32.7 Å². The van der Waals surface area contributed by atoms with Crippen molar-refractivity contribution in [3.05, 3.63) is 66.4 Å². The number of hydrogen-bond acceptors (Lipinski definition) is 3. The Hall–Kier alpha value is -2.84. The number of urea groups is 1. The van der Waals surface area contributed by atoms with Crippen molar-refractivity contribution < 1.29 is 13.2 Å². The van der Waals surface area contributed by atoms with Crippen molar-refractivity contribution in [2.45, 2.75) is 17.7 Å². The number of sulfonamides is 1. The van der Waals surface area contributed by atoms with E-state index in [1.165, 1.54) is 9.87 Å². The molecule has 1 aliphatic rings. The number of nitrogens with zero attached hydrogens (tertiary/aromatic N) is 3. The van der Waals surface area contributed by atoms with E-state index < -0.39 is 10.0 Å². The van der Waals surface area contributed by atoms with Gasteiger partial charge >= 0.3 is 6.03 Å². The molecule has 4 rings (SSSR count). The van der Waals surface area contributed by atoms with Crippen LogP contribution in [0.4, 0.5) is 4.79 Å². The fourth-order valence-electron chi connectivity index (χ4n) is 3.98. The summed E-state index contributed by atoms with van der Waals surface area (Å²) in [5, 5.41) is 3.85. The molecule has 31 heavy (non-hydrogen) atoms. The molecule has 0 aliphatic carbocycles. The first-order chi connectivity index (χ1) is 14.9. The number of aryl methyl sites for hydroxylation is 1. The van der Waals surface area contributed by atoms with Crippen LogP contribution in [0.15, 0.2) is 65.7 Å². The summed E-state index contributed by atoms with van der Waals surface area (Å²) in [4.78, 5) is 14.6. The van der Waals surface area contributed by atoms with Gasteiger partial charge in [0.1, 0.15) is 0 Å². The Morgan fingerprint density at radius 2 is 1.81 bits per heavy atom. The number of hydrogen-bond donors (Lipinski definition) is 1. The van der Waals surface area contributed by atoms with Gasteiger partial charge < -0.3 is 14.8 Å². The number of fused-ring (bicyclic) bond motifs is 1. The number of amides is 2. The lowest BCUT2D eigenvalue weighted by atomic mass is 10.1. The van der Waals surface area contributed by atoms with Crippen molar-refractivity contribution in [1.82, 2.24) is 19.1 Å². The second kappa shape index (κ2) is 9.11. The maximum absolute atomic E-state index is 13.2. The molecule has 0 spiro atoms. The molecule has 2 heterocycles. The molecular formula is C23H28N4O3S. The van der Waals surface area contributed by atoms with Crippen molar-refractivity contribution in [1.29, 1.82) is 0 Å². The second-order valence-electron chi connectivity index (χ2n) is 7.86. The minimum absolute atomic E-state index is 0.138. The maximum Gasteiger partial charge on any atom is 0.317 e. The Morgan fingerprint density at radius 3 is 2.61 bits per heavy atom. The van der Waals surface area contributed by atoms with Crippen molar-refractivity contribution in [3.8, 4) is 0 Å². The fourth-order valence-corrected chi connectivity index (χ4v) is 5.48. The Morgan fingerprint density at radius 1 is 1.00 bits per heavy atom. The molecule has 0 radical (unpaired) electrons. The summed E-state index contributed by atoms with van der Waals surface area (Å²) in [6, 6.07) is 17.0. The Balaban J connectivity index is 1.36. The van der Waals surface area contributed by atoms with Gasteiger partial charge in [0, 0.05) is 56.9 Å². The van der Waals surface area contributed by atoms with E-state index in [0.717, 1.165) is 17.3 Å². The van der Waals surface area contributed by atoms with Gasteiger partial charge in [0.05, 0.1) is 4.90 Å². The quantitative estimate of drug-likeness (QED) is 0.663. The molecule has 0 saturated carbocycles. The Bertz CT molecular complexity index is 1160. The molecule has 7 nitrogen and oxygen atoms in total. The number of nitrogens with one attached hydrogen (secondary N) is 1. The summed E-state index contributed by atoms with van der Waals surface area (Å²) in [6.07, 6.45) is 3.29. The van der Waals surface area contributed by atoms with E-state index in [2.05, 4.69) is 5.32 Å². The normalized spacial score (nSPS) is 15.7. The highest BCUT2D eigenvalue weighted by molar-refractivity contribution is 7.89. The van der Waals surface area contributed by atoms with Gasteiger partial charge in [-0.2, -0.15) is 4.31 Å². The molecule has 0 unspecified atom stereocenters. The highest BCUT2D eigenvalue weighted by atomic mass is 32.2. The summed E-state index contributed by atoms with van der Waals surface area (Å²) in [5.74, 6) is 0. The van der Waals surface area contributed by atoms with E-state index in [9.17, 15) is 13.2 Å². The van der Waals surface area contributed by atoms with Gasteiger partial charge in [-0.25, -0.2) is 13.2 Å². The zero-order valence-electron chi connectivity index (χ0n) is 17.7. The predicted octanol–water partition coefficient (Wildman–Crippen LogP) is 2.83. The van der Waals surface area contributed by atoms with E-state index >= 15 is 0 Å². The monoisotopic (exact) mass is 440 g/mol. The maximum atomic E-state index is 13.2. The predicted molar refractivity (Wildman–Crippen MR) is 121 cm³/mol. The lowest BCUT2D eigenvalue weighted by molar-refractivity contribution is 0.200. The molecule has 2 aromatic carbocycles. The topological polar surface area (TPSA) is 74.7 Å². The molecule has 164 valence electrons. The van der Waals surface area contributed by atoms with Crippen LogP contribution in [0.3, 0.4) is 0 Å². The molecule has 1 aliphatic heterocycles. The molecule has 2 amide bonds. The van der Waals surface area contributed by atoms with Crippen LogP contribution in [0.2, 0.25) is 0 Å². The van der Waals surface area contributed by atoms with E-state index in [1.54, 1.807) is 17.0 Å². The van der Waals surface area contributed by atoms with E-state index in [0.29, 0.717) is 44.0 Å². The van der Waals surface area contributed by atoms with Crippen LogP contribution in [0, 0.1) is 0 Å². The van der Waals surface area contributed by atoms with Crippen molar-refractivity contribution in [2.24, 2.45) is 7.05 Å². The molecule has 0 bridgehead atoms. The molecule has 8 heteroatoms. The average molecular weight is 441 g/mol. The van der Waals surface area contributed by atoms with E-state index in [1.807, 2.05) is 60.3 Å². The summed E-state index contributed by atoms with van der Waals surface area (Å²) < 4.78 is 29.9.